The number of hydrogen-bond acceptors (Lipinski definition) is 7. The molecule has 1 amide bonds. The van der Waals surface area contributed by atoms with E-state index in [1.54, 1.807) is 13.0 Å². The van der Waals surface area contributed by atoms with Crippen molar-refractivity contribution < 1.29 is 9.32 Å². The molecule has 3 rings (SSSR count). The molecular formula is C18H20N4O2S2. The second kappa shape index (κ2) is 7.59. The van der Waals surface area contributed by atoms with E-state index in [2.05, 4.69) is 41.2 Å². The Morgan fingerprint density at radius 1 is 1.27 bits per heavy atom. The van der Waals surface area contributed by atoms with Gasteiger partial charge in [0.25, 0.3) is 5.91 Å². The van der Waals surface area contributed by atoms with E-state index in [0.717, 1.165) is 10.6 Å². The molecule has 2 heterocycles. The predicted octanol–water partition coefficient (Wildman–Crippen LogP) is 4.68. The molecule has 0 aliphatic heterocycles. The SMILES string of the molecule is Cc1noc(CSc2ccccc2C(=O)Nc2nc(C(C)(C)C)cs2)n1. The van der Waals surface area contributed by atoms with Gasteiger partial charge >= 0.3 is 0 Å². The Labute approximate surface area is 160 Å². The standard InChI is InChI=1S/C18H20N4O2S2/c1-11-19-15(24-22-11)10-25-13-8-6-5-7-12(13)16(23)21-17-20-14(9-26-17)18(2,3)4/h5-9H,10H2,1-4H3,(H,20,21,23). The van der Waals surface area contributed by atoms with Crippen LogP contribution in [0.1, 0.15) is 48.5 Å². The maximum atomic E-state index is 12.7. The lowest BCUT2D eigenvalue weighted by atomic mass is 9.93. The Morgan fingerprint density at radius 3 is 2.69 bits per heavy atom. The van der Waals surface area contributed by atoms with Crippen LogP contribution in [0, 0.1) is 6.92 Å². The molecule has 0 saturated heterocycles. The van der Waals surface area contributed by atoms with E-state index in [-0.39, 0.29) is 11.3 Å². The zero-order valence-electron chi connectivity index (χ0n) is 15.1. The number of hydrogen-bond donors (Lipinski definition) is 1. The number of thioether (sulfide) groups is 1. The minimum atomic E-state index is -0.176. The van der Waals surface area contributed by atoms with E-state index in [0.29, 0.717) is 28.2 Å². The number of carbonyl (C=O) groups excluding carboxylic acids is 1. The van der Waals surface area contributed by atoms with Crippen molar-refractivity contribution in [2.24, 2.45) is 0 Å². The third-order valence-electron chi connectivity index (χ3n) is 3.55. The van der Waals surface area contributed by atoms with E-state index in [1.165, 1.54) is 23.1 Å². The van der Waals surface area contributed by atoms with Gasteiger partial charge in [-0.3, -0.25) is 10.1 Å². The number of anilines is 1. The van der Waals surface area contributed by atoms with Crippen LogP contribution < -0.4 is 5.32 Å². The Bertz CT molecular complexity index is 912. The van der Waals surface area contributed by atoms with Gasteiger partial charge in [0.1, 0.15) is 0 Å². The lowest BCUT2D eigenvalue weighted by molar-refractivity contribution is 0.102. The number of amides is 1. The van der Waals surface area contributed by atoms with Crippen LogP contribution in [0.5, 0.6) is 0 Å². The summed E-state index contributed by atoms with van der Waals surface area (Å²) in [6.45, 7) is 8.06. The maximum absolute atomic E-state index is 12.7. The average Bonchev–Trinajstić information content (AvgIpc) is 3.22. The molecule has 0 aliphatic carbocycles. The highest BCUT2D eigenvalue weighted by Gasteiger charge is 2.19. The van der Waals surface area contributed by atoms with Gasteiger partial charge in [0.2, 0.25) is 5.89 Å². The highest BCUT2D eigenvalue weighted by molar-refractivity contribution is 7.98. The quantitative estimate of drug-likeness (QED) is 0.639. The van der Waals surface area contributed by atoms with Crippen molar-refractivity contribution >= 4 is 34.1 Å². The second-order valence-corrected chi connectivity index (χ2v) is 8.64. The molecule has 0 radical (unpaired) electrons. The summed E-state index contributed by atoms with van der Waals surface area (Å²) in [6.07, 6.45) is 0. The summed E-state index contributed by atoms with van der Waals surface area (Å²) >= 11 is 2.92. The first-order valence-corrected chi connectivity index (χ1v) is 9.98. The van der Waals surface area contributed by atoms with Crippen molar-refractivity contribution in [3.05, 3.63) is 52.6 Å². The second-order valence-electron chi connectivity index (χ2n) is 6.76. The number of aryl methyl sites for hydroxylation is 1. The zero-order valence-corrected chi connectivity index (χ0v) is 16.7. The van der Waals surface area contributed by atoms with Crippen molar-refractivity contribution in [3.63, 3.8) is 0 Å². The molecule has 2 aromatic heterocycles. The molecule has 0 atom stereocenters. The minimum absolute atomic E-state index is 0.0462. The lowest BCUT2D eigenvalue weighted by Crippen LogP contribution is -2.15. The van der Waals surface area contributed by atoms with Crippen LogP contribution in [-0.4, -0.2) is 21.0 Å². The van der Waals surface area contributed by atoms with Gasteiger partial charge in [-0.1, -0.05) is 38.1 Å². The van der Waals surface area contributed by atoms with Crippen LogP contribution in [0.3, 0.4) is 0 Å². The van der Waals surface area contributed by atoms with Gasteiger partial charge in [-0.15, -0.1) is 23.1 Å². The summed E-state index contributed by atoms with van der Waals surface area (Å²) in [6, 6.07) is 7.46. The molecule has 0 fully saturated rings. The predicted molar refractivity (Wildman–Crippen MR) is 104 cm³/mol. The summed E-state index contributed by atoms with van der Waals surface area (Å²) in [4.78, 5) is 22.3. The van der Waals surface area contributed by atoms with Gasteiger partial charge < -0.3 is 4.52 Å². The van der Waals surface area contributed by atoms with Gasteiger partial charge in [0.05, 0.1) is 17.0 Å². The van der Waals surface area contributed by atoms with E-state index < -0.39 is 0 Å². The highest BCUT2D eigenvalue weighted by Crippen LogP contribution is 2.29. The van der Waals surface area contributed by atoms with Crippen LogP contribution in [0.4, 0.5) is 5.13 Å². The molecule has 0 unspecified atom stereocenters. The highest BCUT2D eigenvalue weighted by atomic mass is 32.2. The average molecular weight is 389 g/mol. The van der Waals surface area contributed by atoms with E-state index >= 15 is 0 Å². The van der Waals surface area contributed by atoms with Gasteiger partial charge in [-0.25, -0.2) is 4.98 Å². The van der Waals surface area contributed by atoms with E-state index in [1.807, 2.05) is 23.6 Å². The molecule has 0 bridgehead atoms. The number of nitrogens with one attached hydrogen (secondary N) is 1. The van der Waals surface area contributed by atoms with Crippen molar-refractivity contribution in [1.29, 1.82) is 0 Å². The van der Waals surface area contributed by atoms with Gasteiger partial charge in [0.15, 0.2) is 11.0 Å². The van der Waals surface area contributed by atoms with Crippen LogP contribution >= 0.6 is 23.1 Å². The fourth-order valence-electron chi connectivity index (χ4n) is 2.16. The fourth-order valence-corrected chi connectivity index (χ4v) is 3.98. The zero-order chi connectivity index (χ0) is 18.7. The molecule has 1 N–H and O–H groups in total. The molecule has 6 nitrogen and oxygen atoms in total. The number of rotatable bonds is 5. The van der Waals surface area contributed by atoms with Crippen molar-refractivity contribution in [2.75, 3.05) is 5.32 Å². The monoisotopic (exact) mass is 388 g/mol. The largest absolute Gasteiger partial charge is 0.338 e. The van der Waals surface area contributed by atoms with Crippen molar-refractivity contribution in [1.82, 2.24) is 15.1 Å². The molecule has 1 aromatic carbocycles. The Kier molecular flexibility index (Phi) is 5.43. The number of carbonyl (C=O) groups is 1. The van der Waals surface area contributed by atoms with Gasteiger partial charge in [0, 0.05) is 15.7 Å². The molecule has 26 heavy (non-hydrogen) atoms. The molecular weight excluding hydrogens is 368 g/mol. The topological polar surface area (TPSA) is 80.9 Å². The third-order valence-corrected chi connectivity index (χ3v) is 5.36. The van der Waals surface area contributed by atoms with Crippen molar-refractivity contribution in [2.45, 2.75) is 43.8 Å². The molecule has 0 saturated carbocycles. The maximum Gasteiger partial charge on any atom is 0.258 e. The summed E-state index contributed by atoms with van der Waals surface area (Å²) in [7, 11) is 0. The molecule has 8 heteroatoms. The lowest BCUT2D eigenvalue weighted by Gasteiger charge is -2.14. The van der Waals surface area contributed by atoms with Crippen LogP contribution in [0.2, 0.25) is 0 Å². The molecule has 3 aromatic rings. The minimum Gasteiger partial charge on any atom is -0.338 e. The third kappa shape index (κ3) is 4.50. The molecule has 136 valence electrons. The van der Waals surface area contributed by atoms with E-state index in [9.17, 15) is 4.79 Å². The van der Waals surface area contributed by atoms with Crippen LogP contribution in [-0.2, 0) is 11.2 Å². The van der Waals surface area contributed by atoms with Gasteiger partial charge in [-0.2, -0.15) is 4.98 Å². The van der Waals surface area contributed by atoms with E-state index in [4.69, 9.17) is 4.52 Å². The summed E-state index contributed by atoms with van der Waals surface area (Å²) in [5, 5.41) is 9.26. The van der Waals surface area contributed by atoms with Crippen molar-refractivity contribution in [3.8, 4) is 0 Å². The summed E-state index contributed by atoms with van der Waals surface area (Å²) in [5.74, 6) is 1.48. The normalized spacial score (nSPS) is 11.5. The number of aromatic nitrogens is 3. The Morgan fingerprint density at radius 2 is 2.04 bits per heavy atom. The first kappa shape index (κ1) is 18.6. The summed E-state index contributed by atoms with van der Waals surface area (Å²) < 4.78 is 5.13. The number of nitrogens with zero attached hydrogens (tertiary/aromatic N) is 3. The molecule has 0 spiro atoms. The number of benzene rings is 1. The number of thiazole rings is 1. The summed E-state index contributed by atoms with van der Waals surface area (Å²) in [5.41, 5.74) is 1.52. The van der Waals surface area contributed by atoms with Crippen LogP contribution in [0.15, 0.2) is 39.1 Å². The van der Waals surface area contributed by atoms with Crippen LogP contribution in [0.25, 0.3) is 0 Å². The molecule has 0 aliphatic rings. The fraction of sp³-hybridized carbons (Fsp3) is 0.333. The smallest absolute Gasteiger partial charge is 0.258 e. The Hall–Kier alpha value is -2.19. The Balaban J connectivity index is 1.72. The van der Waals surface area contributed by atoms with Gasteiger partial charge in [-0.05, 0) is 19.1 Å². The first-order valence-electron chi connectivity index (χ1n) is 8.11. The first-order chi connectivity index (χ1) is 12.3.